The summed E-state index contributed by atoms with van der Waals surface area (Å²) in [4.78, 5) is 15.2. The van der Waals surface area contributed by atoms with E-state index in [0.717, 1.165) is 5.69 Å². The van der Waals surface area contributed by atoms with Gasteiger partial charge in [-0.1, -0.05) is 20.8 Å². The van der Waals surface area contributed by atoms with E-state index in [9.17, 15) is 4.79 Å². The van der Waals surface area contributed by atoms with Gasteiger partial charge in [-0.2, -0.15) is 0 Å². The van der Waals surface area contributed by atoms with Gasteiger partial charge in [0, 0.05) is 12.5 Å². The number of oxazole rings is 1. The van der Waals surface area contributed by atoms with E-state index in [4.69, 9.17) is 4.42 Å². The first kappa shape index (κ1) is 9.77. The van der Waals surface area contributed by atoms with Gasteiger partial charge in [0.05, 0.1) is 5.69 Å². The number of rotatable bonds is 1. The van der Waals surface area contributed by atoms with Crippen molar-refractivity contribution in [1.82, 2.24) is 10.3 Å². The third-order valence-electron chi connectivity index (χ3n) is 1.69. The molecule has 0 unspecified atom stereocenters. The van der Waals surface area contributed by atoms with E-state index in [0.29, 0.717) is 0 Å². The summed E-state index contributed by atoms with van der Waals surface area (Å²) in [7, 11) is 1.54. The molecule has 0 aliphatic carbocycles. The largest absolute Gasteiger partial charge is 0.441 e. The van der Waals surface area contributed by atoms with Gasteiger partial charge in [0.2, 0.25) is 0 Å². The highest BCUT2D eigenvalue weighted by atomic mass is 16.4. The van der Waals surface area contributed by atoms with Crippen LogP contribution in [0, 0.1) is 0 Å². The fraction of sp³-hybridized carbons (Fsp3) is 0.556. The van der Waals surface area contributed by atoms with Crippen molar-refractivity contribution in [3.8, 4) is 0 Å². The van der Waals surface area contributed by atoms with E-state index in [-0.39, 0.29) is 17.2 Å². The molecule has 0 saturated heterocycles. The Labute approximate surface area is 77.3 Å². The molecule has 0 aliphatic heterocycles. The molecule has 0 aliphatic rings. The maximum atomic E-state index is 11.1. The lowest BCUT2D eigenvalue weighted by atomic mass is 9.93. The third-order valence-corrected chi connectivity index (χ3v) is 1.69. The van der Waals surface area contributed by atoms with Crippen LogP contribution in [-0.4, -0.2) is 17.9 Å². The summed E-state index contributed by atoms with van der Waals surface area (Å²) in [6, 6.07) is 0. The Balaban J connectivity index is 2.93. The smallest absolute Gasteiger partial charge is 0.306 e. The summed E-state index contributed by atoms with van der Waals surface area (Å²) in [5.74, 6) is -0.178. The number of hydrogen-bond donors (Lipinski definition) is 1. The summed E-state index contributed by atoms with van der Waals surface area (Å²) in [5.41, 5.74) is 0.696. The van der Waals surface area contributed by atoms with Crippen LogP contribution in [0.15, 0.2) is 10.7 Å². The van der Waals surface area contributed by atoms with E-state index in [1.165, 1.54) is 6.26 Å². The highest BCUT2D eigenvalue weighted by molar-refractivity contribution is 5.89. The molecule has 0 bridgehead atoms. The number of nitrogens with zero attached hydrogens (tertiary/aromatic N) is 1. The van der Waals surface area contributed by atoms with Crippen LogP contribution in [0.3, 0.4) is 0 Å². The van der Waals surface area contributed by atoms with Gasteiger partial charge in [-0.3, -0.25) is 4.79 Å². The molecule has 1 rings (SSSR count). The Morgan fingerprint density at radius 1 is 1.54 bits per heavy atom. The molecule has 72 valence electrons. The molecule has 0 aromatic carbocycles. The Bertz CT molecular complexity index is 310. The van der Waals surface area contributed by atoms with Gasteiger partial charge in [0.1, 0.15) is 6.26 Å². The van der Waals surface area contributed by atoms with Crippen LogP contribution in [0.5, 0.6) is 0 Å². The summed E-state index contributed by atoms with van der Waals surface area (Å²) in [6.45, 7) is 6.04. The minimum Gasteiger partial charge on any atom is -0.441 e. The molecule has 1 heterocycles. The van der Waals surface area contributed by atoms with E-state index < -0.39 is 0 Å². The fourth-order valence-electron chi connectivity index (χ4n) is 0.829. The van der Waals surface area contributed by atoms with Crippen molar-refractivity contribution in [2.45, 2.75) is 26.2 Å². The molecule has 4 nitrogen and oxygen atoms in total. The minimum absolute atomic E-state index is 0.0875. The molecule has 0 spiro atoms. The molecule has 13 heavy (non-hydrogen) atoms. The Kier molecular flexibility index (Phi) is 2.40. The number of amides is 1. The second-order valence-electron chi connectivity index (χ2n) is 3.87. The van der Waals surface area contributed by atoms with Gasteiger partial charge in [-0.25, -0.2) is 4.98 Å². The lowest BCUT2D eigenvalue weighted by molar-refractivity contribution is 0.0928. The molecule has 0 fully saturated rings. The maximum Gasteiger partial charge on any atom is 0.306 e. The summed E-state index contributed by atoms with van der Waals surface area (Å²) in [5, 5.41) is 2.45. The van der Waals surface area contributed by atoms with Crippen molar-refractivity contribution in [2.75, 3.05) is 7.05 Å². The van der Waals surface area contributed by atoms with Crippen molar-refractivity contribution in [3.63, 3.8) is 0 Å². The first-order valence-corrected chi connectivity index (χ1v) is 4.13. The number of hydrogen-bond acceptors (Lipinski definition) is 3. The van der Waals surface area contributed by atoms with Crippen LogP contribution in [0.4, 0.5) is 0 Å². The van der Waals surface area contributed by atoms with Crippen LogP contribution in [0.1, 0.15) is 37.2 Å². The molecule has 1 N–H and O–H groups in total. The minimum atomic E-state index is -0.296. The van der Waals surface area contributed by atoms with Crippen molar-refractivity contribution >= 4 is 5.91 Å². The summed E-state index contributed by atoms with van der Waals surface area (Å²) >= 11 is 0. The predicted octanol–water partition coefficient (Wildman–Crippen LogP) is 1.33. The quantitative estimate of drug-likeness (QED) is 0.712. The zero-order valence-electron chi connectivity index (χ0n) is 8.34. The zero-order valence-corrected chi connectivity index (χ0v) is 8.34. The lowest BCUT2D eigenvalue weighted by Gasteiger charge is -2.12. The zero-order chi connectivity index (χ0) is 10.1. The molecule has 0 saturated carbocycles. The highest BCUT2D eigenvalue weighted by Gasteiger charge is 2.20. The molecule has 1 aromatic rings. The molecular weight excluding hydrogens is 168 g/mol. The number of aromatic nitrogens is 1. The third kappa shape index (κ3) is 2.08. The van der Waals surface area contributed by atoms with E-state index >= 15 is 0 Å². The average molecular weight is 182 g/mol. The molecule has 4 heteroatoms. The Morgan fingerprint density at radius 2 is 2.15 bits per heavy atom. The fourth-order valence-corrected chi connectivity index (χ4v) is 0.829. The Hall–Kier alpha value is -1.32. The molecule has 1 amide bonds. The van der Waals surface area contributed by atoms with Crippen molar-refractivity contribution < 1.29 is 9.21 Å². The average Bonchev–Trinajstić information content (AvgIpc) is 2.50. The standard InChI is InChI=1S/C9H14N2O2/c1-9(2,3)6-5-13-8(11-6)7(12)10-4/h5H,1-4H3,(H,10,12). The maximum absolute atomic E-state index is 11.1. The predicted molar refractivity (Wildman–Crippen MR) is 48.6 cm³/mol. The topological polar surface area (TPSA) is 55.1 Å². The second-order valence-corrected chi connectivity index (χ2v) is 3.87. The van der Waals surface area contributed by atoms with Gasteiger partial charge in [-0.05, 0) is 0 Å². The second kappa shape index (κ2) is 3.20. The SMILES string of the molecule is CNC(=O)c1nc(C(C)(C)C)co1. The summed E-state index contributed by atoms with van der Waals surface area (Å²) in [6.07, 6.45) is 1.52. The van der Waals surface area contributed by atoms with Gasteiger partial charge in [0.25, 0.3) is 5.89 Å². The number of carbonyl (C=O) groups is 1. The van der Waals surface area contributed by atoms with E-state index in [1.807, 2.05) is 20.8 Å². The van der Waals surface area contributed by atoms with Crippen LogP contribution in [0.2, 0.25) is 0 Å². The van der Waals surface area contributed by atoms with Crippen molar-refractivity contribution in [3.05, 3.63) is 17.8 Å². The molecule has 0 atom stereocenters. The van der Waals surface area contributed by atoms with Gasteiger partial charge < -0.3 is 9.73 Å². The number of nitrogens with one attached hydrogen (secondary N) is 1. The summed E-state index contributed by atoms with van der Waals surface area (Å²) < 4.78 is 5.02. The van der Waals surface area contributed by atoms with Gasteiger partial charge in [-0.15, -0.1) is 0 Å². The molecule has 1 aromatic heterocycles. The van der Waals surface area contributed by atoms with Crippen LogP contribution in [0.25, 0.3) is 0 Å². The van der Waals surface area contributed by atoms with E-state index in [1.54, 1.807) is 7.05 Å². The molecular formula is C9H14N2O2. The van der Waals surface area contributed by atoms with Gasteiger partial charge >= 0.3 is 5.91 Å². The molecule has 0 radical (unpaired) electrons. The van der Waals surface area contributed by atoms with Crippen LogP contribution in [-0.2, 0) is 5.41 Å². The van der Waals surface area contributed by atoms with Crippen molar-refractivity contribution in [2.24, 2.45) is 0 Å². The Morgan fingerprint density at radius 3 is 2.54 bits per heavy atom. The normalized spacial score (nSPS) is 11.4. The van der Waals surface area contributed by atoms with Crippen LogP contribution < -0.4 is 5.32 Å². The number of carbonyl (C=O) groups excluding carboxylic acids is 1. The van der Waals surface area contributed by atoms with Crippen LogP contribution >= 0.6 is 0 Å². The van der Waals surface area contributed by atoms with Gasteiger partial charge in [0.15, 0.2) is 0 Å². The first-order valence-electron chi connectivity index (χ1n) is 4.13. The lowest BCUT2D eigenvalue weighted by Crippen LogP contribution is -2.19. The van der Waals surface area contributed by atoms with Crippen molar-refractivity contribution in [1.29, 1.82) is 0 Å². The first-order chi connectivity index (χ1) is 5.95. The highest BCUT2D eigenvalue weighted by Crippen LogP contribution is 2.20. The van der Waals surface area contributed by atoms with E-state index in [2.05, 4.69) is 10.3 Å². The monoisotopic (exact) mass is 182 g/mol.